The average Bonchev–Trinajstić information content (AvgIpc) is 3.35. The third-order valence-electron chi connectivity index (χ3n) is 8.78. The molecule has 4 aromatic rings. The number of methoxy groups -OCH3 is 8. The van der Waals surface area contributed by atoms with Crippen LogP contribution in [0.15, 0.2) is 0 Å². The summed E-state index contributed by atoms with van der Waals surface area (Å²) in [6.45, 7) is 10.6. The van der Waals surface area contributed by atoms with Crippen molar-refractivity contribution in [3.63, 3.8) is 0 Å². The predicted octanol–water partition coefficient (Wildman–Crippen LogP) is 12.6. The molecule has 414 valence electrons. The molecule has 0 amide bonds. The number of hydrogen-bond acceptors (Lipinski definition) is 20. The number of esters is 1. The van der Waals surface area contributed by atoms with Gasteiger partial charge in [0.25, 0.3) is 0 Å². The molecule has 1 unspecified atom stereocenters. The molecule has 0 aromatic heterocycles. The SMILES string of the molecule is CCOC(C)Oc1c(I)c(OC)c(I)c(OC)c1C=O.COc1c(I)c(O)c(C=O)c(OC)c1I.COc1c(I)c(OC)c(C=O)c(OC(=O)OC(C)(C)C)c1I.COc1c(I)c(OC)c(C=O)c(OC(C)=O)c1I. The first-order valence-electron chi connectivity index (χ1n) is 20.6. The summed E-state index contributed by atoms with van der Waals surface area (Å²) in [5.74, 6) is 3.49. The Bertz CT molecular complexity index is 2710. The van der Waals surface area contributed by atoms with Crippen molar-refractivity contribution in [3.8, 4) is 69.0 Å². The molecule has 4 rings (SSSR count). The number of phenolic OH excluding ortho intramolecular Hbond substituents is 1. The molecular formula is C47H50I8O20. The van der Waals surface area contributed by atoms with Crippen LogP contribution in [0.4, 0.5) is 4.79 Å². The molecule has 0 spiro atoms. The number of rotatable bonds is 18. The zero-order valence-corrected chi connectivity index (χ0v) is 59.6. The molecule has 20 nitrogen and oxygen atoms in total. The Hall–Kier alpha value is -1.90. The first-order valence-corrected chi connectivity index (χ1v) is 29.2. The van der Waals surface area contributed by atoms with Gasteiger partial charge in [-0.25, -0.2) is 4.79 Å². The summed E-state index contributed by atoms with van der Waals surface area (Å²) in [5, 5.41) is 9.74. The third-order valence-corrected chi connectivity index (χ3v) is 16.6. The lowest BCUT2D eigenvalue weighted by Gasteiger charge is -2.21. The van der Waals surface area contributed by atoms with Gasteiger partial charge in [0.1, 0.15) is 60.2 Å². The van der Waals surface area contributed by atoms with E-state index in [9.17, 15) is 33.9 Å². The number of phenols is 1. The van der Waals surface area contributed by atoms with Gasteiger partial charge >= 0.3 is 12.1 Å². The first-order chi connectivity index (χ1) is 35.2. The van der Waals surface area contributed by atoms with Crippen LogP contribution in [-0.4, -0.2) is 118 Å². The van der Waals surface area contributed by atoms with E-state index in [2.05, 4.69) is 45.2 Å². The fraction of sp³-hybridized carbons (Fsp3) is 0.362. The molecule has 0 saturated heterocycles. The van der Waals surface area contributed by atoms with Crippen LogP contribution in [0.3, 0.4) is 0 Å². The number of carbonyl (C=O) groups excluding carboxylic acids is 6. The van der Waals surface area contributed by atoms with Crippen LogP contribution in [0.5, 0.6) is 69.0 Å². The Morgan fingerprint density at radius 2 is 0.747 bits per heavy atom. The fourth-order valence-electron chi connectivity index (χ4n) is 5.77. The fourth-order valence-corrected chi connectivity index (χ4v) is 15.3. The topological polar surface area (TPSA) is 243 Å². The Morgan fingerprint density at radius 3 is 1.04 bits per heavy atom. The molecule has 28 heteroatoms. The second kappa shape index (κ2) is 34.3. The molecular weight excluding hydrogens is 1900 g/mol. The number of carbonyl (C=O) groups is 6. The second-order valence-corrected chi connectivity index (χ2v) is 23.2. The average molecular weight is 1950 g/mol. The van der Waals surface area contributed by atoms with E-state index in [-0.39, 0.29) is 39.7 Å². The zero-order chi connectivity index (χ0) is 57.8. The maximum absolute atomic E-state index is 11.9. The normalized spacial score (nSPS) is 10.7. The van der Waals surface area contributed by atoms with Gasteiger partial charge in [-0.1, -0.05) is 0 Å². The van der Waals surface area contributed by atoms with Crippen molar-refractivity contribution in [1.82, 2.24) is 0 Å². The summed E-state index contributed by atoms with van der Waals surface area (Å²) in [4.78, 5) is 67.8. The summed E-state index contributed by atoms with van der Waals surface area (Å²) < 4.78 is 73.2. The Labute approximate surface area is 542 Å². The van der Waals surface area contributed by atoms with Crippen LogP contribution in [0.1, 0.15) is 83.0 Å². The summed E-state index contributed by atoms with van der Waals surface area (Å²) in [6.07, 6.45) is 1.08. The van der Waals surface area contributed by atoms with Crippen molar-refractivity contribution >= 4 is 218 Å². The van der Waals surface area contributed by atoms with Crippen molar-refractivity contribution in [2.24, 2.45) is 0 Å². The Balaban J connectivity index is 0.000000504. The van der Waals surface area contributed by atoms with Gasteiger partial charge in [0.05, 0.1) is 81.9 Å². The van der Waals surface area contributed by atoms with Crippen LogP contribution in [0, 0.1) is 28.6 Å². The highest BCUT2D eigenvalue weighted by Gasteiger charge is 2.30. The number of hydrogen-bond donors (Lipinski definition) is 1. The lowest BCUT2D eigenvalue weighted by Crippen LogP contribution is -2.26. The molecule has 4 aromatic carbocycles. The summed E-state index contributed by atoms with van der Waals surface area (Å²) in [7, 11) is 11.9. The first kappa shape index (κ1) is 71.1. The van der Waals surface area contributed by atoms with Gasteiger partial charge in [-0.15, -0.1) is 0 Å². The van der Waals surface area contributed by atoms with Gasteiger partial charge in [0, 0.05) is 13.5 Å². The van der Waals surface area contributed by atoms with E-state index in [0.29, 0.717) is 102 Å². The quantitative estimate of drug-likeness (QED) is 0.0243. The van der Waals surface area contributed by atoms with Crippen molar-refractivity contribution in [3.05, 3.63) is 50.8 Å². The number of benzene rings is 4. The molecule has 0 radical (unpaired) electrons. The number of halogens is 8. The molecule has 0 saturated carbocycles. The lowest BCUT2D eigenvalue weighted by molar-refractivity contribution is -0.132. The van der Waals surface area contributed by atoms with E-state index in [4.69, 9.17) is 61.6 Å². The van der Waals surface area contributed by atoms with E-state index in [1.54, 1.807) is 34.8 Å². The van der Waals surface area contributed by atoms with Crippen LogP contribution in [-0.2, 0) is 14.3 Å². The molecule has 0 bridgehead atoms. The molecule has 0 heterocycles. The molecule has 0 fully saturated rings. The van der Waals surface area contributed by atoms with E-state index in [0.717, 1.165) is 9.86 Å². The highest BCUT2D eigenvalue weighted by molar-refractivity contribution is 14.1. The second-order valence-electron chi connectivity index (χ2n) is 14.5. The Morgan fingerprint density at radius 1 is 0.467 bits per heavy atom. The zero-order valence-electron chi connectivity index (χ0n) is 42.3. The molecule has 1 N–H and O–H groups in total. The van der Waals surface area contributed by atoms with Gasteiger partial charge in [0.2, 0.25) is 0 Å². The number of aromatic hydroxyl groups is 1. The predicted molar refractivity (Wildman–Crippen MR) is 343 cm³/mol. The van der Waals surface area contributed by atoms with Crippen LogP contribution >= 0.6 is 181 Å². The van der Waals surface area contributed by atoms with Crippen molar-refractivity contribution in [1.29, 1.82) is 0 Å². The maximum atomic E-state index is 11.9. The van der Waals surface area contributed by atoms with Crippen LogP contribution < -0.4 is 52.1 Å². The minimum Gasteiger partial charge on any atom is -0.506 e. The summed E-state index contributed by atoms with van der Waals surface area (Å²) in [6, 6.07) is 0. The summed E-state index contributed by atoms with van der Waals surface area (Å²) in [5.41, 5.74) is 0.118. The van der Waals surface area contributed by atoms with Gasteiger partial charge in [-0.3, -0.25) is 24.0 Å². The van der Waals surface area contributed by atoms with Crippen LogP contribution in [0.2, 0.25) is 0 Å². The van der Waals surface area contributed by atoms with Gasteiger partial charge in [-0.2, -0.15) is 0 Å². The Kier molecular flexibility index (Phi) is 32.5. The molecule has 0 aliphatic carbocycles. The largest absolute Gasteiger partial charge is 0.514 e. The van der Waals surface area contributed by atoms with Gasteiger partial charge in [0.15, 0.2) is 71.7 Å². The standard InChI is InChI=1S/C14H16I2O6.C13H16I2O5.C11H10I2O5.C9H8I2O4/c1-14(2,3)22-13(18)21-11-7(6-17)10(19-4)8(15)12(20-5)9(11)16;1-5-19-7(2)20-12-8(6-16)11(17-3)9(14)13(18-4)10(12)15;1-5(15)18-10-6(4-14)9(16-2)7(12)11(17-3)8(10)13;1-14-8-4(3-12)7(13)5(10)9(15-2)6(8)11/h6H,1-5H3;6-7H,5H2,1-4H3;4H,1-3H3;3,13H,1-2H3. The molecule has 0 aliphatic rings. The van der Waals surface area contributed by atoms with E-state index in [1.807, 2.05) is 142 Å². The van der Waals surface area contributed by atoms with Gasteiger partial charge in [-0.05, 0) is 215 Å². The van der Waals surface area contributed by atoms with Gasteiger partial charge < -0.3 is 66.7 Å². The van der Waals surface area contributed by atoms with Crippen molar-refractivity contribution < 1.29 is 95.5 Å². The van der Waals surface area contributed by atoms with Crippen LogP contribution in [0.25, 0.3) is 0 Å². The number of aldehydes is 4. The van der Waals surface area contributed by atoms with E-state index in [1.165, 1.54) is 56.7 Å². The monoisotopic (exact) mass is 1950 g/mol. The van der Waals surface area contributed by atoms with E-state index >= 15 is 0 Å². The third kappa shape index (κ3) is 18.6. The minimum absolute atomic E-state index is 0.0546. The van der Waals surface area contributed by atoms with E-state index < -0.39 is 24.0 Å². The van der Waals surface area contributed by atoms with Crippen molar-refractivity contribution in [2.45, 2.75) is 53.4 Å². The number of ether oxygens (including phenoxy) is 13. The highest BCUT2D eigenvalue weighted by Crippen LogP contribution is 2.47. The van der Waals surface area contributed by atoms with Crippen molar-refractivity contribution in [2.75, 3.05) is 63.5 Å². The molecule has 1 atom stereocenters. The molecule has 75 heavy (non-hydrogen) atoms. The summed E-state index contributed by atoms with van der Waals surface area (Å²) >= 11 is 16.0. The molecule has 0 aliphatic heterocycles. The highest BCUT2D eigenvalue weighted by atomic mass is 127. The lowest BCUT2D eigenvalue weighted by atomic mass is 10.2. The smallest absolute Gasteiger partial charge is 0.506 e. The minimum atomic E-state index is -0.904. The maximum Gasteiger partial charge on any atom is 0.514 e.